The van der Waals surface area contributed by atoms with Gasteiger partial charge in [-0.2, -0.15) is 0 Å². The van der Waals surface area contributed by atoms with Crippen molar-refractivity contribution < 1.29 is 14.3 Å². The van der Waals surface area contributed by atoms with Crippen molar-refractivity contribution in [3.05, 3.63) is 0 Å². The standard InChI is InChI=1S/C15H29N3O3/c1-15(2,3)14(20)18-7-5-11(6-8-18)17-13(19)9-12(10-16)21-4/h11-12H,5-10,16H2,1-4H3,(H,17,19). The molecule has 1 unspecified atom stereocenters. The number of amides is 2. The van der Waals surface area contributed by atoms with Crippen LogP contribution in [0, 0.1) is 5.41 Å². The molecule has 0 aromatic heterocycles. The fourth-order valence-electron chi connectivity index (χ4n) is 2.46. The molecule has 0 spiro atoms. The summed E-state index contributed by atoms with van der Waals surface area (Å²) < 4.78 is 5.11. The fourth-order valence-corrected chi connectivity index (χ4v) is 2.46. The topological polar surface area (TPSA) is 84.7 Å². The quantitative estimate of drug-likeness (QED) is 0.774. The van der Waals surface area contributed by atoms with E-state index in [0.29, 0.717) is 19.6 Å². The number of carbonyl (C=O) groups excluding carboxylic acids is 2. The van der Waals surface area contributed by atoms with Gasteiger partial charge in [0.2, 0.25) is 11.8 Å². The number of nitrogens with two attached hydrogens (primary N) is 1. The Hall–Kier alpha value is -1.14. The molecule has 1 saturated heterocycles. The summed E-state index contributed by atoms with van der Waals surface area (Å²) in [4.78, 5) is 26.0. The van der Waals surface area contributed by atoms with Gasteiger partial charge in [0.15, 0.2) is 0 Å². The van der Waals surface area contributed by atoms with Crippen LogP contribution in [0.3, 0.4) is 0 Å². The molecule has 21 heavy (non-hydrogen) atoms. The molecule has 122 valence electrons. The monoisotopic (exact) mass is 299 g/mol. The first kappa shape index (κ1) is 17.9. The van der Waals surface area contributed by atoms with Crippen LogP contribution in [0.2, 0.25) is 0 Å². The van der Waals surface area contributed by atoms with Crippen molar-refractivity contribution in [3.63, 3.8) is 0 Å². The van der Waals surface area contributed by atoms with E-state index in [4.69, 9.17) is 10.5 Å². The molecule has 0 radical (unpaired) electrons. The summed E-state index contributed by atoms with van der Waals surface area (Å²) in [5, 5.41) is 3.00. The SMILES string of the molecule is COC(CN)CC(=O)NC1CCN(C(=O)C(C)(C)C)CC1. The Morgan fingerprint density at radius 3 is 2.33 bits per heavy atom. The number of hydrogen-bond acceptors (Lipinski definition) is 4. The van der Waals surface area contributed by atoms with Crippen molar-refractivity contribution in [1.29, 1.82) is 0 Å². The van der Waals surface area contributed by atoms with E-state index < -0.39 is 0 Å². The third kappa shape index (κ3) is 5.63. The Morgan fingerprint density at radius 1 is 1.33 bits per heavy atom. The predicted octanol–water partition coefficient (Wildman–Crippen LogP) is 0.504. The smallest absolute Gasteiger partial charge is 0.227 e. The maximum Gasteiger partial charge on any atom is 0.227 e. The highest BCUT2D eigenvalue weighted by molar-refractivity contribution is 5.81. The first-order chi connectivity index (χ1) is 9.77. The van der Waals surface area contributed by atoms with E-state index in [1.165, 1.54) is 0 Å². The summed E-state index contributed by atoms with van der Waals surface area (Å²) in [5.74, 6) is 0.141. The molecular formula is C15H29N3O3. The van der Waals surface area contributed by atoms with Gasteiger partial charge < -0.3 is 20.7 Å². The number of likely N-dealkylation sites (tertiary alicyclic amines) is 1. The number of nitrogens with one attached hydrogen (secondary N) is 1. The van der Waals surface area contributed by atoms with Crippen molar-refractivity contribution in [2.24, 2.45) is 11.1 Å². The van der Waals surface area contributed by atoms with Crippen LogP contribution in [0.15, 0.2) is 0 Å². The van der Waals surface area contributed by atoms with Crippen molar-refractivity contribution in [2.45, 2.75) is 52.2 Å². The number of carbonyl (C=O) groups is 2. The second kappa shape index (κ2) is 7.75. The van der Waals surface area contributed by atoms with Crippen LogP contribution in [-0.2, 0) is 14.3 Å². The lowest BCUT2D eigenvalue weighted by molar-refractivity contribution is -0.140. The average Bonchev–Trinajstić information content (AvgIpc) is 2.43. The van der Waals surface area contributed by atoms with E-state index in [2.05, 4.69) is 5.32 Å². The summed E-state index contributed by atoms with van der Waals surface area (Å²) in [6.07, 6.45) is 1.66. The number of methoxy groups -OCH3 is 1. The van der Waals surface area contributed by atoms with Crippen LogP contribution < -0.4 is 11.1 Å². The third-order valence-electron chi connectivity index (χ3n) is 3.80. The number of rotatable bonds is 5. The molecular weight excluding hydrogens is 270 g/mol. The highest BCUT2D eigenvalue weighted by Crippen LogP contribution is 2.21. The lowest BCUT2D eigenvalue weighted by Gasteiger charge is -2.36. The summed E-state index contributed by atoms with van der Waals surface area (Å²) in [7, 11) is 1.56. The van der Waals surface area contributed by atoms with Gasteiger partial charge in [-0.05, 0) is 12.8 Å². The zero-order valence-electron chi connectivity index (χ0n) is 13.6. The van der Waals surface area contributed by atoms with E-state index in [9.17, 15) is 9.59 Å². The van der Waals surface area contributed by atoms with Crippen LogP contribution in [0.25, 0.3) is 0 Å². The molecule has 0 aromatic carbocycles. The Morgan fingerprint density at radius 2 is 1.90 bits per heavy atom. The Bertz CT molecular complexity index is 354. The van der Waals surface area contributed by atoms with Crippen molar-refractivity contribution in [3.8, 4) is 0 Å². The predicted molar refractivity (Wildman–Crippen MR) is 81.7 cm³/mol. The van der Waals surface area contributed by atoms with Gasteiger partial charge in [0.1, 0.15) is 0 Å². The molecule has 1 rings (SSSR count). The first-order valence-electron chi connectivity index (χ1n) is 7.59. The number of nitrogens with zero attached hydrogens (tertiary/aromatic N) is 1. The highest BCUT2D eigenvalue weighted by Gasteiger charge is 2.30. The van der Waals surface area contributed by atoms with Gasteiger partial charge in [-0.15, -0.1) is 0 Å². The molecule has 0 aliphatic carbocycles. The number of piperidine rings is 1. The van der Waals surface area contributed by atoms with Crippen LogP contribution in [-0.4, -0.2) is 55.6 Å². The van der Waals surface area contributed by atoms with Gasteiger partial charge in [0, 0.05) is 38.2 Å². The van der Waals surface area contributed by atoms with Crippen LogP contribution in [0.4, 0.5) is 0 Å². The molecule has 0 saturated carbocycles. The molecule has 1 atom stereocenters. The molecule has 1 heterocycles. The van der Waals surface area contributed by atoms with Gasteiger partial charge in [0.25, 0.3) is 0 Å². The highest BCUT2D eigenvalue weighted by atomic mass is 16.5. The normalized spacial score (nSPS) is 18.4. The van der Waals surface area contributed by atoms with Crippen LogP contribution >= 0.6 is 0 Å². The third-order valence-corrected chi connectivity index (χ3v) is 3.80. The fraction of sp³-hybridized carbons (Fsp3) is 0.867. The molecule has 0 aromatic rings. The maximum absolute atomic E-state index is 12.2. The lowest BCUT2D eigenvalue weighted by atomic mass is 9.93. The Kier molecular flexibility index (Phi) is 6.61. The summed E-state index contributed by atoms with van der Waals surface area (Å²) in [6.45, 7) is 7.53. The second-order valence-corrected chi connectivity index (χ2v) is 6.68. The molecule has 6 heteroatoms. The van der Waals surface area contributed by atoms with Gasteiger partial charge in [0.05, 0.1) is 12.5 Å². The van der Waals surface area contributed by atoms with Crippen molar-refractivity contribution >= 4 is 11.8 Å². The molecule has 2 amide bonds. The minimum Gasteiger partial charge on any atom is -0.380 e. The van der Waals surface area contributed by atoms with E-state index in [1.54, 1.807) is 7.11 Å². The summed E-state index contributed by atoms with van der Waals surface area (Å²) in [5.41, 5.74) is 5.16. The van der Waals surface area contributed by atoms with Gasteiger partial charge in [-0.3, -0.25) is 9.59 Å². The van der Waals surface area contributed by atoms with E-state index in [1.807, 2.05) is 25.7 Å². The van der Waals surface area contributed by atoms with E-state index in [0.717, 1.165) is 12.8 Å². The molecule has 1 aliphatic heterocycles. The average molecular weight is 299 g/mol. The van der Waals surface area contributed by atoms with Crippen molar-refractivity contribution in [1.82, 2.24) is 10.2 Å². The van der Waals surface area contributed by atoms with Crippen molar-refractivity contribution in [2.75, 3.05) is 26.7 Å². The molecule has 6 nitrogen and oxygen atoms in total. The summed E-state index contributed by atoms with van der Waals surface area (Å²) >= 11 is 0. The minimum atomic E-state index is -0.344. The van der Waals surface area contributed by atoms with Crippen LogP contribution in [0.5, 0.6) is 0 Å². The largest absolute Gasteiger partial charge is 0.380 e. The van der Waals surface area contributed by atoms with E-state index >= 15 is 0 Å². The second-order valence-electron chi connectivity index (χ2n) is 6.68. The maximum atomic E-state index is 12.2. The van der Waals surface area contributed by atoms with Gasteiger partial charge >= 0.3 is 0 Å². The Balaban J connectivity index is 2.37. The molecule has 3 N–H and O–H groups in total. The number of ether oxygens (including phenoxy) is 1. The zero-order valence-corrected chi connectivity index (χ0v) is 13.6. The molecule has 0 bridgehead atoms. The lowest BCUT2D eigenvalue weighted by Crippen LogP contribution is -2.49. The van der Waals surface area contributed by atoms with Gasteiger partial charge in [-0.25, -0.2) is 0 Å². The van der Waals surface area contributed by atoms with E-state index in [-0.39, 0.29) is 35.8 Å². The summed E-state index contributed by atoms with van der Waals surface area (Å²) in [6, 6.07) is 0.136. The van der Waals surface area contributed by atoms with Gasteiger partial charge in [-0.1, -0.05) is 20.8 Å². The molecule has 1 fully saturated rings. The Labute approximate surface area is 127 Å². The first-order valence-corrected chi connectivity index (χ1v) is 7.59. The molecule has 1 aliphatic rings. The van der Waals surface area contributed by atoms with Crippen LogP contribution in [0.1, 0.15) is 40.0 Å². The zero-order chi connectivity index (χ0) is 16.0. The number of hydrogen-bond donors (Lipinski definition) is 2. The minimum absolute atomic E-state index is 0.0344.